The monoisotopic (exact) mass is 416 g/mol. The summed E-state index contributed by atoms with van der Waals surface area (Å²) in [7, 11) is -3.63. The quantitative estimate of drug-likeness (QED) is 0.709. The van der Waals surface area contributed by atoms with Gasteiger partial charge in [-0.15, -0.1) is 0 Å². The van der Waals surface area contributed by atoms with Crippen LogP contribution in [0.15, 0.2) is 23.1 Å². The molecule has 3 rings (SSSR count). The summed E-state index contributed by atoms with van der Waals surface area (Å²) in [6.07, 6.45) is 2.37. The number of rotatable bonds is 6. The first-order chi connectivity index (χ1) is 12.9. The van der Waals surface area contributed by atoms with Gasteiger partial charge in [0.15, 0.2) is 12.7 Å². The van der Waals surface area contributed by atoms with Gasteiger partial charge in [0, 0.05) is 19.7 Å². The van der Waals surface area contributed by atoms with Crippen molar-refractivity contribution < 1.29 is 27.5 Å². The molecule has 0 unspecified atom stereocenters. The maximum atomic E-state index is 12.6. The minimum Gasteiger partial charge on any atom is -0.454 e. The van der Waals surface area contributed by atoms with Crippen LogP contribution in [0.2, 0.25) is 5.02 Å². The maximum Gasteiger partial charge on any atom is 0.335 e. The minimum absolute atomic E-state index is 0.0560. The highest BCUT2D eigenvalue weighted by molar-refractivity contribution is 7.89. The first-order valence-corrected chi connectivity index (χ1v) is 10.6. The van der Waals surface area contributed by atoms with E-state index in [1.54, 1.807) is 0 Å². The van der Waals surface area contributed by atoms with Crippen molar-refractivity contribution in [2.24, 2.45) is 0 Å². The summed E-state index contributed by atoms with van der Waals surface area (Å²) in [5.74, 6) is -1.20. The van der Waals surface area contributed by atoms with Gasteiger partial charge in [-0.05, 0) is 43.9 Å². The number of halogens is 1. The molecule has 1 aromatic carbocycles. The van der Waals surface area contributed by atoms with Crippen LogP contribution in [0.5, 0.6) is 0 Å². The molecular formula is C17H21ClN2O6S. The summed E-state index contributed by atoms with van der Waals surface area (Å²) < 4.78 is 36.8. The van der Waals surface area contributed by atoms with Crippen LogP contribution in [0, 0.1) is 0 Å². The lowest BCUT2D eigenvalue weighted by Gasteiger charge is -2.17. The van der Waals surface area contributed by atoms with Gasteiger partial charge in [0.2, 0.25) is 10.0 Å². The van der Waals surface area contributed by atoms with Crippen LogP contribution in [-0.2, 0) is 29.1 Å². The number of nitrogens with zero attached hydrogens (tertiary/aromatic N) is 1. The number of ether oxygens (including phenoxy) is 2. The number of esters is 1. The zero-order valence-corrected chi connectivity index (χ0v) is 16.2. The van der Waals surface area contributed by atoms with E-state index in [-0.39, 0.29) is 15.6 Å². The summed E-state index contributed by atoms with van der Waals surface area (Å²) >= 11 is 6.07. The molecule has 0 bridgehead atoms. The minimum atomic E-state index is -3.63. The Labute approximate surface area is 162 Å². The van der Waals surface area contributed by atoms with E-state index in [9.17, 15) is 18.0 Å². The van der Waals surface area contributed by atoms with Crippen molar-refractivity contribution in [2.45, 2.75) is 36.7 Å². The lowest BCUT2D eigenvalue weighted by molar-refractivity contribution is -0.156. The first-order valence-electron chi connectivity index (χ1n) is 8.76. The molecule has 0 saturated carbocycles. The van der Waals surface area contributed by atoms with Gasteiger partial charge in [-0.3, -0.25) is 4.79 Å². The Morgan fingerprint density at radius 1 is 1.26 bits per heavy atom. The molecule has 2 fully saturated rings. The van der Waals surface area contributed by atoms with Crippen molar-refractivity contribution in [2.75, 3.05) is 31.6 Å². The second-order valence-electron chi connectivity index (χ2n) is 6.41. The van der Waals surface area contributed by atoms with Gasteiger partial charge in [-0.2, -0.15) is 4.31 Å². The van der Waals surface area contributed by atoms with Gasteiger partial charge in [-0.25, -0.2) is 13.2 Å². The van der Waals surface area contributed by atoms with Gasteiger partial charge in [-0.1, -0.05) is 11.6 Å². The largest absolute Gasteiger partial charge is 0.454 e. The third-order valence-electron chi connectivity index (χ3n) is 4.45. The molecular weight excluding hydrogens is 396 g/mol. The average molecular weight is 417 g/mol. The van der Waals surface area contributed by atoms with E-state index >= 15 is 0 Å². The van der Waals surface area contributed by atoms with Crippen LogP contribution in [0.4, 0.5) is 5.69 Å². The third kappa shape index (κ3) is 4.78. The van der Waals surface area contributed by atoms with E-state index in [4.69, 9.17) is 21.1 Å². The number of nitrogens with one attached hydrogen (secondary N) is 1. The summed E-state index contributed by atoms with van der Waals surface area (Å²) in [5.41, 5.74) is 0.148. The summed E-state index contributed by atoms with van der Waals surface area (Å²) in [5, 5.41) is 2.68. The average Bonchev–Trinajstić information content (AvgIpc) is 3.35. The molecule has 0 radical (unpaired) electrons. The van der Waals surface area contributed by atoms with Crippen molar-refractivity contribution in [1.29, 1.82) is 0 Å². The van der Waals surface area contributed by atoms with Crippen LogP contribution in [0.25, 0.3) is 0 Å². The topological polar surface area (TPSA) is 102 Å². The predicted molar refractivity (Wildman–Crippen MR) is 98.0 cm³/mol. The van der Waals surface area contributed by atoms with Gasteiger partial charge in [0.1, 0.15) is 0 Å². The number of hydrogen-bond acceptors (Lipinski definition) is 6. The maximum absolute atomic E-state index is 12.6. The highest BCUT2D eigenvalue weighted by Crippen LogP contribution is 2.28. The molecule has 0 spiro atoms. The molecule has 0 aliphatic carbocycles. The normalized spacial score (nSPS) is 20.6. The van der Waals surface area contributed by atoms with E-state index in [1.165, 1.54) is 22.5 Å². The van der Waals surface area contributed by atoms with E-state index in [0.29, 0.717) is 26.1 Å². The molecule has 1 amide bonds. The lowest BCUT2D eigenvalue weighted by atomic mass is 10.2. The number of carbonyl (C=O) groups is 2. The third-order valence-corrected chi connectivity index (χ3v) is 6.68. The molecule has 10 heteroatoms. The second-order valence-corrected chi connectivity index (χ2v) is 8.76. The Kier molecular flexibility index (Phi) is 6.36. The molecule has 1 atom stereocenters. The van der Waals surface area contributed by atoms with Crippen molar-refractivity contribution in [3.63, 3.8) is 0 Å². The molecule has 148 valence electrons. The number of amides is 1. The van der Waals surface area contributed by atoms with Crippen molar-refractivity contribution in [3.8, 4) is 0 Å². The highest BCUT2D eigenvalue weighted by atomic mass is 35.5. The van der Waals surface area contributed by atoms with Crippen LogP contribution in [0.1, 0.15) is 25.7 Å². The number of anilines is 1. The first kappa shape index (κ1) is 20.1. The molecule has 1 aromatic rings. The van der Waals surface area contributed by atoms with E-state index in [1.807, 2.05) is 0 Å². The molecule has 2 aliphatic rings. The van der Waals surface area contributed by atoms with E-state index in [0.717, 1.165) is 19.3 Å². The number of benzene rings is 1. The van der Waals surface area contributed by atoms with Crippen LogP contribution in [-0.4, -0.2) is 57.0 Å². The number of hydrogen-bond donors (Lipinski definition) is 1. The Balaban J connectivity index is 1.63. The molecule has 0 aromatic heterocycles. The summed E-state index contributed by atoms with van der Waals surface area (Å²) in [6, 6.07) is 4.14. The zero-order valence-electron chi connectivity index (χ0n) is 14.6. The van der Waals surface area contributed by atoms with Gasteiger partial charge >= 0.3 is 5.97 Å². The Morgan fingerprint density at radius 2 is 2.00 bits per heavy atom. The fourth-order valence-electron chi connectivity index (χ4n) is 3.02. The van der Waals surface area contributed by atoms with E-state index in [2.05, 4.69) is 5.32 Å². The van der Waals surface area contributed by atoms with Crippen molar-refractivity contribution >= 4 is 39.2 Å². The van der Waals surface area contributed by atoms with Gasteiger partial charge in [0.05, 0.1) is 15.6 Å². The van der Waals surface area contributed by atoms with Crippen LogP contribution in [0.3, 0.4) is 0 Å². The molecule has 2 saturated heterocycles. The van der Waals surface area contributed by atoms with Crippen LogP contribution < -0.4 is 5.32 Å². The smallest absolute Gasteiger partial charge is 0.335 e. The second kappa shape index (κ2) is 8.55. The Hall–Kier alpha value is -1.68. The summed E-state index contributed by atoms with van der Waals surface area (Å²) in [4.78, 5) is 23.9. The molecule has 2 aliphatic heterocycles. The standard InChI is InChI=1S/C17H21ClN2O6S/c18-13-6-5-12(27(23,24)20-7-1-2-8-20)10-14(13)19-16(21)11-26-17(22)15-4-3-9-25-15/h5-6,10,15H,1-4,7-9,11H2,(H,19,21)/t15-/m0/s1. The molecule has 8 nitrogen and oxygen atoms in total. The Morgan fingerprint density at radius 3 is 2.67 bits per heavy atom. The fraction of sp³-hybridized carbons (Fsp3) is 0.529. The molecule has 1 N–H and O–H groups in total. The van der Waals surface area contributed by atoms with E-state index < -0.39 is 34.6 Å². The fourth-order valence-corrected chi connectivity index (χ4v) is 4.73. The lowest BCUT2D eigenvalue weighted by Crippen LogP contribution is -2.28. The highest BCUT2D eigenvalue weighted by Gasteiger charge is 2.28. The Bertz CT molecular complexity index is 817. The molecule has 27 heavy (non-hydrogen) atoms. The molecule has 2 heterocycles. The summed E-state index contributed by atoms with van der Waals surface area (Å²) in [6.45, 7) is 0.954. The van der Waals surface area contributed by atoms with Gasteiger partial charge < -0.3 is 14.8 Å². The van der Waals surface area contributed by atoms with Crippen molar-refractivity contribution in [1.82, 2.24) is 4.31 Å². The number of carbonyl (C=O) groups excluding carboxylic acids is 2. The van der Waals surface area contributed by atoms with Crippen molar-refractivity contribution in [3.05, 3.63) is 23.2 Å². The zero-order chi connectivity index (χ0) is 19.4. The number of sulfonamides is 1. The van der Waals surface area contributed by atoms with Crippen LogP contribution >= 0.6 is 11.6 Å². The predicted octanol–water partition coefficient (Wildman–Crippen LogP) is 1.79. The van der Waals surface area contributed by atoms with Gasteiger partial charge in [0.25, 0.3) is 5.91 Å². The SMILES string of the molecule is O=C(COC(=O)[C@@H]1CCCO1)Nc1cc(S(=O)(=O)N2CCCC2)ccc1Cl.